The molecule has 0 N–H and O–H groups in total. The quantitative estimate of drug-likeness (QED) is 0.731. The Labute approximate surface area is 151 Å². The van der Waals surface area contributed by atoms with Crippen LogP contribution < -0.4 is 0 Å². The standard InChI is InChI=1S/C20H18N4O2/c25-19-17-9-5-4-8-16(17)18(12-23-13-21-22-14-23)20(24(19)10-11-26-20)15-6-2-1-3-7-15/h1-9,13-14,18H,10-12H2/t18-,20-/m0/s1. The van der Waals surface area contributed by atoms with E-state index in [9.17, 15) is 4.79 Å². The number of benzene rings is 2. The summed E-state index contributed by atoms with van der Waals surface area (Å²) in [6, 6.07) is 17.9. The van der Waals surface area contributed by atoms with Crippen molar-refractivity contribution in [3.8, 4) is 0 Å². The van der Waals surface area contributed by atoms with Crippen LogP contribution >= 0.6 is 0 Å². The molecule has 26 heavy (non-hydrogen) atoms. The molecule has 0 unspecified atom stereocenters. The van der Waals surface area contributed by atoms with Crippen molar-refractivity contribution in [2.24, 2.45) is 0 Å². The number of hydrogen-bond acceptors (Lipinski definition) is 4. The van der Waals surface area contributed by atoms with Crippen LogP contribution in [0.4, 0.5) is 0 Å². The van der Waals surface area contributed by atoms with Crippen molar-refractivity contribution in [3.05, 3.63) is 83.9 Å². The molecule has 0 aliphatic carbocycles. The molecule has 0 radical (unpaired) electrons. The van der Waals surface area contributed by atoms with Gasteiger partial charge in [-0.25, -0.2) is 0 Å². The molecule has 2 aliphatic rings. The number of carbonyl (C=O) groups excluding carboxylic acids is 1. The SMILES string of the molecule is O=C1c2ccccc2[C@H](Cn2cnnc2)[C@]2(c3ccccc3)OCCN12. The minimum absolute atomic E-state index is 0.0296. The van der Waals surface area contributed by atoms with Crippen molar-refractivity contribution in [1.82, 2.24) is 19.7 Å². The Balaban J connectivity index is 1.75. The molecule has 6 heteroatoms. The van der Waals surface area contributed by atoms with E-state index < -0.39 is 5.72 Å². The molecule has 3 heterocycles. The zero-order chi connectivity index (χ0) is 17.6. The van der Waals surface area contributed by atoms with Gasteiger partial charge in [-0.05, 0) is 11.6 Å². The molecule has 1 amide bonds. The molecule has 2 aromatic carbocycles. The molecule has 130 valence electrons. The molecule has 2 atom stereocenters. The van der Waals surface area contributed by atoms with Crippen molar-refractivity contribution < 1.29 is 9.53 Å². The van der Waals surface area contributed by atoms with Crippen molar-refractivity contribution in [1.29, 1.82) is 0 Å². The fourth-order valence-corrected chi connectivity index (χ4v) is 4.30. The van der Waals surface area contributed by atoms with Crippen LogP contribution in [0.3, 0.4) is 0 Å². The minimum atomic E-state index is -0.809. The summed E-state index contributed by atoms with van der Waals surface area (Å²) in [5.74, 6) is -0.0285. The summed E-state index contributed by atoms with van der Waals surface area (Å²) >= 11 is 0. The normalized spacial score (nSPS) is 24.4. The molecule has 3 aromatic rings. The number of ether oxygens (including phenoxy) is 1. The molecular weight excluding hydrogens is 328 g/mol. The molecule has 0 bridgehead atoms. The lowest BCUT2D eigenvalue weighted by Gasteiger charge is -2.47. The van der Waals surface area contributed by atoms with Gasteiger partial charge in [0.15, 0.2) is 5.72 Å². The number of carbonyl (C=O) groups is 1. The highest BCUT2D eigenvalue weighted by Gasteiger charge is 2.56. The van der Waals surface area contributed by atoms with Gasteiger partial charge in [0.25, 0.3) is 5.91 Å². The zero-order valence-corrected chi connectivity index (χ0v) is 14.2. The maximum absolute atomic E-state index is 13.2. The average Bonchev–Trinajstić information content (AvgIpc) is 3.36. The largest absolute Gasteiger partial charge is 0.349 e. The van der Waals surface area contributed by atoms with Crippen LogP contribution in [0.1, 0.15) is 27.4 Å². The molecule has 6 nitrogen and oxygen atoms in total. The Morgan fingerprint density at radius 2 is 1.77 bits per heavy atom. The Kier molecular flexibility index (Phi) is 3.39. The first-order valence-corrected chi connectivity index (χ1v) is 8.73. The molecule has 1 saturated heterocycles. The fraction of sp³-hybridized carbons (Fsp3) is 0.250. The summed E-state index contributed by atoms with van der Waals surface area (Å²) in [7, 11) is 0. The van der Waals surface area contributed by atoms with E-state index in [0.29, 0.717) is 19.7 Å². The van der Waals surface area contributed by atoms with Gasteiger partial charge in [0.2, 0.25) is 0 Å². The van der Waals surface area contributed by atoms with Gasteiger partial charge in [-0.3, -0.25) is 4.79 Å². The van der Waals surface area contributed by atoms with E-state index in [1.807, 2.05) is 64.1 Å². The molecule has 5 rings (SSSR count). The van der Waals surface area contributed by atoms with Gasteiger partial charge in [-0.1, -0.05) is 48.5 Å². The summed E-state index contributed by atoms with van der Waals surface area (Å²) in [6.07, 6.45) is 3.41. The lowest BCUT2D eigenvalue weighted by Crippen LogP contribution is -2.54. The van der Waals surface area contributed by atoms with E-state index in [0.717, 1.165) is 16.7 Å². The second-order valence-electron chi connectivity index (χ2n) is 6.67. The van der Waals surface area contributed by atoms with Crippen LogP contribution in [0.25, 0.3) is 0 Å². The molecule has 1 aromatic heterocycles. The molecule has 2 aliphatic heterocycles. The van der Waals surface area contributed by atoms with Gasteiger partial charge in [-0.15, -0.1) is 10.2 Å². The first-order valence-electron chi connectivity index (χ1n) is 8.73. The highest BCUT2D eigenvalue weighted by molar-refractivity contribution is 5.98. The summed E-state index contributed by atoms with van der Waals surface area (Å²) in [6.45, 7) is 1.73. The monoisotopic (exact) mass is 346 g/mol. The number of nitrogens with zero attached hydrogens (tertiary/aromatic N) is 4. The van der Waals surface area contributed by atoms with Crippen molar-refractivity contribution in [2.75, 3.05) is 13.2 Å². The second-order valence-corrected chi connectivity index (χ2v) is 6.67. The minimum Gasteiger partial charge on any atom is -0.349 e. The highest BCUT2D eigenvalue weighted by Crippen LogP contribution is 2.51. The van der Waals surface area contributed by atoms with E-state index in [-0.39, 0.29) is 11.8 Å². The average molecular weight is 346 g/mol. The lowest BCUT2D eigenvalue weighted by molar-refractivity contribution is -0.103. The Hall–Kier alpha value is -2.99. The van der Waals surface area contributed by atoms with Gasteiger partial charge in [-0.2, -0.15) is 0 Å². The first-order chi connectivity index (χ1) is 12.8. The number of aromatic nitrogens is 3. The third-order valence-corrected chi connectivity index (χ3v) is 5.37. The maximum atomic E-state index is 13.2. The van der Waals surface area contributed by atoms with Crippen LogP contribution in [0.2, 0.25) is 0 Å². The topological polar surface area (TPSA) is 60.3 Å². The van der Waals surface area contributed by atoms with Gasteiger partial charge < -0.3 is 14.2 Å². The molecule has 0 spiro atoms. The summed E-state index contributed by atoms with van der Waals surface area (Å²) < 4.78 is 8.32. The maximum Gasteiger partial charge on any atom is 0.256 e. The molecular formula is C20H18N4O2. The number of hydrogen-bond donors (Lipinski definition) is 0. The Morgan fingerprint density at radius 3 is 2.58 bits per heavy atom. The first kappa shape index (κ1) is 15.3. The van der Waals surface area contributed by atoms with Crippen LogP contribution in [0.15, 0.2) is 67.3 Å². The second kappa shape index (κ2) is 5.78. The summed E-state index contributed by atoms with van der Waals surface area (Å²) in [4.78, 5) is 15.1. The van der Waals surface area contributed by atoms with Crippen LogP contribution in [-0.4, -0.2) is 38.7 Å². The van der Waals surface area contributed by atoms with Crippen LogP contribution in [0.5, 0.6) is 0 Å². The third-order valence-electron chi connectivity index (χ3n) is 5.37. The van der Waals surface area contributed by atoms with E-state index in [4.69, 9.17) is 4.74 Å². The van der Waals surface area contributed by atoms with Gasteiger partial charge in [0.1, 0.15) is 12.7 Å². The van der Waals surface area contributed by atoms with E-state index in [1.165, 1.54) is 0 Å². The van der Waals surface area contributed by atoms with Gasteiger partial charge >= 0.3 is 0 Å². The molecule has 1 fully saturated rings. The number of fused-ring (bicyclic) bond motifs is 2. The van der Waals surface area contributed by atoms with Crippen LogP contribution in [-0.2, 0) is 17.0 Å². The third kappa shape index (κ3) is 2.05. The van der Waals surface area contributed by atoms with Gasteiger partial charge in [0, 0.05) is 24.2 Å². The molecule has 0 saturated carbocycles. The fourth-order valence-electron chi connectivity index (χ4n) is 4.30. The predicted octanol–water partition coefficient (Wildman–Crippen LogP) is 2.40. The van der Waals surface area contributed by atoms with Gasteiger partial charge in [0.05, 0.1) is 12.5 Å². The summed E-state index contributed by atoms with van der Waals surface area (Å²) in [5, 5.41) is 7.86. The van der Waals surface area contributed by atoms with Crippen molar-refractivity contribution in [3.63, 3.8) is 0 Å². The number of rotatable bonds is 3. The van der Waals surface area contributed by atoms with Crippen molar-refractivity contribution >= 4 is 5.91 Å². The Morgan fingerprint density at radius 1 is 1.04 bits per heavy atom. The van der Waals surface area contributed by atoms with Crippen LogP contribution in [0, 0.1) is 0 Å². The lowest BCUT2D eigenvalue weighted by atomic mass is 9.77. The van der Waals surface area contributed by atoms with E-state index in [2.05, 4.69) is 10.2 Å². The summed E-state index contributed by atoms with van der Waals surface area (Å²) in [5.41, 5.74) is 1.95. The highest BCUT2D eigenvalue weighted by atomic mass is 16.5. The smallest absolute Gasteiger partial charge is 0.256 e. The Bertz CT molecular complexity index is 941. The van der Waals surface area contributed by atoms with E-state index >= 15 is 0 Å². The predicted molar refractivity (Wildman–Crippen MR) is 94.3 cm³/mol. The number of amides is 1. The van der Waals surface area contributed by atoms with Crippen molar-refractivity contribution in [2.45, 2.75) is 18.2 Å². The van der Waals surface area contributed by atoms with E-state index in [1.54, 1.807) is 12.7 Å². The zero-order valence-electron chi connectivity index (χ0n) is 14.2.